The second kappa shape index (κ2) is 7.84. The molecule has 0 saturated carbocycles. The normalized spacial score (nSPS) is 16.6. The smallest absolute Gasteiger partial charge is 0.273 e. The fraction of sp³-hybridized carbons (Fsp3) is 0.273. The van der Waals surface area contributed by atoms with E-state index in [4.69, 9.17) is 4.74 Å². The van der Waals surface area contributed by atoms with Crippen molar-refractivity contribution in [3.05, 3.63) is 77.9 Å². The average Bonchev–Trinajstić information content (AvgIpc) is 3.20. The molecule has 0 spiro atoms. The Morgan fingerprint density at radius 1 is 1.19 bits per heavy atom. The second-order valence-corrected chi connectivity index (χ2v) is 6.83. The van der Waals surface area contributed by atoms with E-state index in [0.717, 1.165) is 35.8 Å². The summed E-state index contributed by atoms with van der Waals surface area (Å²) in [5, 5.41) is 1.79. The van der Waals surface area contributed by atoms with E-state index in [1.54, 1.807) is 17.2 Å². The molecule has 0 unspecified atom stereocenters. The van der Waals surface area contributed by atoms with Crippen LogP contribution in [-0.2, 0) is 11.3 Å². The van der Waals surface area contributed by atoms with Crippen LogP contribution >= 0.6 is 0 Å². The van der Waals surface area contributed by atoms with Gasteiger partial charge in [-0.05, 0) is 42.0 Å². The SMILES string of the molecule is O=C(c1nccc2ccccc12)N(Cc1cccc(F)c1)C[C@@H]1CCCO1. The highest BCUT2D eigenvalue weighted by molar-refractivity contribution is 6.05. The van der Waals surface area contributed by atoms with E-state index in [-0.39, 0.29) is 17.8 Å². The molecule has 1 aromatic heterocycles. The molecule has 1 atom stereocenters. The van der Waals surface area contributed by atoms with Gasteiger partial charge in [0.1, 0.15) is 11.5 Å². The molecule has 0 radical (unpaired) electrons. The van der Waals surface area contributed by atoms with Gasteiger partial charge in [-0.2, -0.15) is 0 Å². The van der Waals surface area contributed by atoms with Crippen LogP contribution in [-0.4, -0.2) is 35.0 Å². The fourth-order valence-electron chi connectivity index (χ4n) is 3.55. The number of halogens is 1. The monoisotopic (exact) mass is 364 g/mol. The maximum absolute atomic E-state index is 13.6. The lowest BCUT2D eigenvalue weighted by molar-refractivity contribution is 0.0504. The zero-order chi connectivity index (χ0) is 18.6. The van der Waals surface area contributed by atoms with Crippen LogP contribution in [0.4, 0.5) is 4.39 Å². The Labute approximate surface area is 157 Å². The van der Waals surface area contributed by atoms with E-state index < -0.39 is 0 Å². The number of pyridine rings is 1. The van der Waals surface area contributed by atoms with E-state index in [1.165, 1.54) is 12.1 Å². The number of carbonyl (C=O) groups excluding carboxylic acids is 1. The van der Waals surface area contributed by atoms with Crippen LogP contribution in [0.25, 0.3) is 10.8 Å². The number of hydrogen-bond donors (Lipinski definition) is 0. The first-order valence-electron chi connectivity index (χ1n) is 9.20. The molecule has 1 aliphatic heterocycles. The van der Waals surface area contributed by atoms with E-state index in [0.29, 0.717) is 18.8 Å². The van der Waals surface area contributed by atoms with Crippen LogP contribution in [0, 0.1) is 5.82 Å². The summed E-state index contributed by atoms with van der Waals surface area (Å²) >= 11 is 0. The van der Waals surface area contributed by atoms with E-state index in [1.807, 2.05) is 36.4 Å². The number of carbonyl (C=O) groups is 1. The fourth-order valence-corrected chi connectivity index (χ4v) is 3.55. The number of hydrogen-bond acceptors (Lipinski definition) is 3. The van der Waals surface area contributed by atoms with Gasteiger partial charge < -0.3 is 9.64 Å². The standard InChI is InChI=1S/C22H21FN2O2/c23-18-7-3-5-16(13-18)14-25(15-19-8-4-12-27-19)22(26)21-20-9-2-1-6-17(20)10-11-24-21/h1-3,5-7,9-11,13,19H,4,8,12,14-15H2/t19-/m0/s1. The Kier molecular flexibility index (Phi) is 5.12. The van der Waals surface area contributed by atoms with Crippen molar-refractivity contribution in [2.24, 2.45) is 0 Å². The molecule has 138 valence electrons. The van der Waals surface area contributed by atoms with Gasteiger partial charge in [0, 0.05) is 31.3 Å². The molecule has 0 aliphatic carbocycles. The summed E-state index contributed by atoms with van der Waals surface area (Å²) in [7, 11) is 0. The van der Waals surface area contributed by atoms with Crippen molar-refractivity contribution in [3.63, 3.8) is 0 Å². The number of benzene rings is 2. The van der Waals surface area contributed by atoms with Crippen molar-refractivity contribution < 1.29 is 13.9 Å². The molecule has 0 N–H and O–H groups in total. The second-order valence-electron chi connectivity index (χ2n) is 6.83. The molecular weight excluding hydrogens is 343 g/mol. The molecule has 3 aromatic rings. The summed E-state index contributed by atoms with van der Waals surface area (Å²) in [5.41, 5.74) is 1.17. The summed E-state index contributed by atoms with van der Waals surface area (Å²) in [4.78, 5) is 19.4. The van der Waals surface area contributed by atoms with Crippen molar-refractivity contribution in [1.82, 2.24) is 9.88 Å². The zero-order valence-corrected chi connectivity index (χ0v) is 15.0. The van der Waals surface area contributed by atoms with Crippen molar-refractivity contribution in [3.8, 4) is 0 Å². The third-order valence-corrected chi connectivity index (χ3v) is 4.87. The molecule has 2 heterocycles. The van der Waals surface area contributed by atoms with Gasteiger partial charge in [0.2, 0.25) is 0 Å². The Bertz CT molecular complexity index is 948. The van der Waals surface area contributed by atoms with Gasteiger partial charge >= 0.3 is 0 Å². The molecule has 0 bridgehead atoms. The first-order chi connectivity index (χ1) is 13.2. The van der Waals surface area contributed by atoms with Gasteiger partial charge in [-0.25, -0.2) is 4.39 Å². The quantitative estimate of drug-likeness (QED) is 0.682. The summed E-state index contributed by atoms with van der Waals surface area (Å²) in [5.74, 6) is -0.466. The Hall–Kier alpha value is -2.79. The topological polar surface area (TPSA) is 42.4 Å². The molecule has 1 amide bonds. The number of fused-ring (bicyclic) bond motifs is 1. The number of amides is 1. The number of ether oxygens (including phenoxy) is 1. The highest BCUT2D eigenvalue weighted by Crippen LogP contribution is 2.21. The van der Waals surface area contributed by atoms with Crippen LogP contribution in [0.3, 0.4) is 0 Å². The maximum Gasteiger partial charge on any atom is 0.273 e. The van der Waals surface area contributed by atoms with Crippen molar-refractivity contribution in [1.29, 1.82) is 0 Å². The molecule has 1 fully saturated rings. The minimum absolute atomic E-state index is 0.0116. The molecule has 1 aliphatic rings. The average molecular weight is 364 g/mol. The van der Waals surface area contributed by atoms with Gasteiger partial charge in [0.25, 0.3) is 5.91 Å². The van der Waals surface area contributed by atoms with E-state index in [9.17, 15) is 9.18 Å². The Morgan fingerprint density at radius 3 is 2.89 bits per heavy atom. The van der Waals surface area contributed by atoms with Gasteiger partial charge in [-0.3, -0.25) is 9.78 Å². The molecule has 2 aromatic carbocycles. The molecule has 5 heteroatoms. The molecule has 4 rings (SSSR count). The van der Waals surface area contributed by atoms with Gasteiger partial charge in [-0.1, -0.05) is 36.4 Å². The van der Waals surface area contributed by atoms with Gasteiger partial charge in [0.15, 0.2) is 0 Å². The van der Waals surface area contributed by atoms with Crippen molar-refractivity contribution >= 4 is 16.7 Å². The van der Waals surface area contributed by atoms with Crippen molar-refractivity contribution in [2.45, 2.75) is 25.5 Å². The van der Waals surface area contributed by atoms with Gasteiger partial charge in [-0.15, -0.1) is 0 Å². The van der Waals surface area contributed by atoms with Crippen LogP contribution in [0.5, 0.6) is 0 Å². The molecular formula is C22H21FN2O2. The first kappa shape index (κ1) is 17.6. The lowest BCUT2D eigenvalue weighted by Gasteiger charge is -2.26. The predicted octanol–water partition coefficient (Wildman–Crippen LogP) is 4.20. The van der Waals surface area contributed by atoms with Crippen LogP contribution < -0.4 is 0 Å². The molecule has 4 nitrogen and oxygen atoms in total. The minimum Gasteiger partial charge on any atom is -0.376 e. The summed E-state index contributed by atoms with van der Waals surface area (Å²) in [6.45, 7) is 1.51. The lowest BCUT2D eigenvalue weighted by Crippen LogP contribution is -2.37. The summed E-state index contributed by atoms with van der Waals surface area (Å²) in [6, 6.07) is 16.0. The third-order valence-electron chi connectivity index (χ3n) is 4.87. The Morgan fingerprint density at radius 2 is 2.07 bits per heavy atom. The lowest BCUT2D eigenvalue weighted by atomic mass is 10.1. The highest BCUT2D eigenvalue weighted by atomic mass is 19.1. The molecule has 1 saturated heterocycles. The van der Waals surface area contributed by atoms with Crippen LogP contribution in [0.15, 0.2) is 60.8 Å². The third kappa shape index (κ3) is 3.98. The maximum atomic E-state index is 13.6. The number of aromatic nitrogens is 1. The Balaban J connectivity index is 1.66. The van der Waals surface area contributed by atoms with Gasteiger partial charge in [0.05, 0.1) is 6.10 Å². The van der Waals surface area contributed by atoms with Crippen molar-refractivity contribution in [2.75, 3.05) is 13.2 Å². The van der Waals surface area contributed by atoms with E-state index >= 15 is 0 Å². The molecule has 27 heavy (non-hydrogen) atoms. The summed E-state index contributed by atoms with van der Waals surface area (Å²) < 4.78 is 19.3. The van der Waals surface area contributed by atoms with Crippen LogP contribution in [0.1, 0.15) is 28.9 Å². The van der Waals surface area contributed by atoms with Crippen LogP contribution in [0.2, 0.25) is 0 Å². The number of rotatable bonds is 5. The zero-order valence-electron chi connectivity index (χ0n) is 15.0. The predicted molar refractivity (Wildman–Crippen MR) is 102 cm³/mol. The minimum atomic E-state index is -0.305. The largest absolute Gasteiger partial charge is 0.376 e. The van der Waals surface area contributed by atoms with E-state index in [2.05, 4.69) is 4.98 Å². The highest BCUT2D eigenvalue weighted by Gasteiger charge is 2.25. The number of nitrogens with zero attached hydrogens (tertiary/aromatic N) is 2. The summed E-state index contributed by atoms with van der Waals surface area (Å²) in [6.07, 6.45) is 3.59. The first-order valence-corrected chi connectivity index (χ1v) is 9.20.